The van der Waals surface area contributed by atoms with Crippen LogP contribution in [0.1, 0.15) is 18.7 Å². The van der Waals surface area contributed by atoms with Crippen LogP contribution < -0.4 is 5.32 Å². The smallest absolute Gasteiger partial charge is 0.301 e. The minimum Gasteiger partial charge on any atom is -0.363 e. The molecule has 0 radical (unpaired) electrons. The van der Waals surface area contributed by atoms with Gasteiger partial charge in [0.1, 0.15) is 11.7 Å². The lowest BCUT2D eigenvalue weighted by molar-refractivity contribution is -0.114. The molecule has 1 unspecified atom stereocenters. The highest BCUT2D eigenvalue weighted by molar-refractivity contribution is 6.25. The molecule has 0 aliphatic carbocycles. The highest BCUT2D eigenvalue weighted by Gasteiger charge is 2.30. The zero-order valence-corrected chi connectivity index (χ0v) is 9.21. The molecule has 0 fully saturated rings. The predicted molar refractivity (Wildman–Crippen MR) is 62.3 cm³/mol. The fraction of sp³-hybridized carbons (Fsp3) is 0.167. The van der Waals surface area contributed by atoms with Gasteiger partial charge in [0.25, 0.3) is 0 Å². The van der Waals surface area contributed by atoms with Gasteiger partial charge in [-0.2, -0.15) is 0 Å². The number of carbonyl (C=O) groups is 1. The Balaban J connectivity index is 2.01. The summed E-state index contributed by atoms with van der Waals surface area (Å²) >= 11 is 0. The Bertz CT molecular complexity index is 571. The normalized spacial score (nSPS) is 22.3. The average molecular weight is 226 g/mol. The molecule has 1 amide bonds. The van der Waals surface area contributed by atoms with Gasteiger partial charge in [0.05, 0.1) is 0 Å². The molecule has 2 aliphatic heterocycles. The van der Waals surface area contributed by atoms with E-state index in [2.05, 4.69) is 20.5 Å². The molecule has 84 valence electrons. The molecule has 3 rings (SSSR count). The number of hydrogen-bond acceptors (Lipinski definition) is 4. The second-order valence-electron chi connectivity index (χ2n) is 3.92. The lowest BCUT2D eigenvalue weighted by Gasteiger charge is -2.21. The van der Waals surface area contributed by atoms with Crippen molar-refractivity contribution < 1.29 is 4.79 Å². The Labute approximate surface area is 98.0 Å². The standard InChI is InChI=1S/C12H10N4O/c1-7-9-11(15-16-12(9)17)14-10(13-7)8-5-3-2-4-6-8/h2-6,10,13H,1H3. The average Bonchev–Trinajstić information content (AvgIpc) is 2.73. The summed E-state index contributed by atoms with van der Waals surface area (Å²) in [6, 6.07) is 9.81. The Morgan fingerprint density at radius 2 is 1.94 bits per heavy atom. The van der Waals surface area contributed by atoms with Crippen molar-refractivity contribution in [1.82, 2.24) is 5.32 Å². The Kier molecular flexibility index (Phi) is 2.11. The number of nitrogens with zero attached hydrogens (tertiary/aromatic N) is 3. The number of allylic oxidation sites excluding steroid dienone is 1. The van der Waals surface area contributed by atoms with Crippen molar-refractivity contribution in [3.8, 4) is 0 Å². The number of hydrogen-bond donors (Lipinski definition) is 1. The van der Waals surface area contributed by atoms with Gasteiger partial charge in [-0.15, -0.1) is 10.2 Å². The molecule has 0 saturated carbocycles. The van der Waals surface area contributed by atoms with Crippen LogP contribution >= 0.6 is 0 Å². The van der Waals surface area contributed by atoms with Crippen LogP contribution in [-0.2, 0) is 4.79 Å². The number of fused-ring (bicyclic) bond motifs is 1. The van der Waals surface area contributed by atoms with Gasteiger partial charge in [0.2, 0.25) is 0 Å². The molecule has 0 saturated heterocycles. The Morgan fingerprint density at radius 1 is 1.18 bits per heavy atom. The van der Waals surface area contributed by atoms with Gasteiger partial charge in [-0.05, 0) is 12.5 Å². The molecular formula is C12H10N4O. The molecule has 5 nitrogen and oxygen atoms in total. The van der Waals surface area contributed by atoms with E-state index in [1.165, 1.54) is 0 Å². The van der Waals surface area contributed by atoms with Crippen LogP contribution in [-0.4, -0.2) is 11.7 Å². The van der Waals surface area contributed by atoms with E-state index < -0.39 is 0 Å². The number of aliphatic imine (C=N–C) groups is 1. The quantitative estimate of drug-likeness (QED) is 0.795. The van der Waals surface area contributed by atoms with Gasteiger partial charge < -0.3 is 5.32 Å². The first-order chi connectivity index (χ1) is 8.25. The van der Waals surface area contributed by atoms with E-state index in [4.69, 9.17) is 0 Å². The number of azo groups is 1. The third kappa shape index (κ3) is 1.56. The molecule has 2 heterocycles. The number of amidine groups is 1. The van der Waals surface area contributed by atoms with Crippen LogP contribution in [0.15, 0.2) is 56.8 Å². The fourth-order valence-corrected chi connectivity index (χ4v) is 1.93. The summed E-state index contributed by atoms with van der Waals surface area (Å²) in [7, 11) is 0. The summed E-state index contributed by atoms with van der Waals surface area (Å²) in [6.07, 6.45) is -0.195. The lowest BCUT2D eigenvalue weighted by atomic mass is 10.1. The molecular weight excluding hydrogens is 216 g/mol. The number of nitrogens with one attached hydrogen (secondary N) is 1. The summed E-state index contributed by atoms with van der Waals surface area (Å²) in [5, 5.41) is 10.5. The van der Waals surface area contributed by atoms with E-state index >= 15 is 0 Å². The van der Waals surface area contributed by atoms with Gasteiger partial charge in [-0.1, -0.05) is 30.3 Å². The Hall–Kier alpha value is -2.30. The Morgan fingerprint density at radius 3 is 2.71 bits per heavy atom. The van der Waals surface area contributed by atoms with E-state index in [0.29, 0.717) is 11.4 Å². The van der Waals surface area contributed by atoms with Gasteiger partial charge in [0, 0.05) is 5.70 Å². The van der Waals surface area contributed by atoms with Crippen LogP contribution in [0.5, 0.6) is 0 Å². The summed E-state index contributed by atoms with van der Waals surface area (Å²) in [5.41, 5.74) is 2.30. The molecule has 0 bridgehead atoms. The molecule has 1 aromatic carbocycles. The van der Waals surface area contributed by atoms with Crippen molar-refractivity contribution >= 4 is 11.7 Å². The second-order valence-corrected chi connectivity index (χ2v) is 3.92. The van der Waals surface area contributed by atoms with E-state index in [1.54, 1.807) is 0 Å². The van der Waals surface area contributed by atoms with Crippen LogP contribution in [0, 0.1) is 0 Å². The van der Waals surface area contributed by atoms with Crippen molar-refractivity contribution in [3.05, 3.63) is 47.2 Å². The van der Waals surface area contributed by atoms with E-state index in [1.807, 2.05) is 37.3 Å². The van der Waals surface area contributed by atoms with Crippen molar-refractivity contribution in [1.29, 1.82) is 0 Å². The van der Waals surface area contributed by atoms with Crippen molar-refractivity contribution in [2.24, 2.45) is 15.2 Å². The summed E-state index contributed by atoms with van der Waals surface area (Å²) in [4.78, 5) is 15.8. The van der Waals surface area contributed by atoms with Crippen molar-refractivity contribution in [3.63, 3.8) is 0 Å². The first-order valence-electron chi connectivity index (χ1n) is 5.32. The maximum absolute atomic E-state index is 11.4. The summed E-state index contributed by atoms with van der Waals surface area (Å²) in [5.74, 6) is 0.111. The van der Waals surface area contributed by atoms with Crippen molar-refractivity contribution in [2.45, 2.75) is 13.1 Å². The van der Waals surface area contributed by atoms with Crippen LogP contribution in [0.25, 0.3) is 0 Å². The van der Waals surface area contributed by atoms with Gasteiger partial charge in [0.15, 0.2) is 5.84 Å². The van der Waals surface area contributed by atoms with E-state index in [9.17, 15) is 4.79 Å². The monoisotopic (exact) mass is 226 g/mol. The number of carbonyl (C=O) groups excluding carboxylic acids is 1. The first-order valence-corrected chi connectivity index (χ1v) is 5.32. The second kappa shape index (κ2) is 3.62. The first kappa shape index (κ1) is 9.89. The zero-order valence-electron chi connectivity index (χ0n) is 9.21. The van der Waals surface area contributed by atoms with Gasteiger partial charge in [-0.3, -0.25) is 4.79 Å². The molecule has 1 atom stereocenters. The van der Waals surface area contributed by atoms with E-state index in [0.717, 1.165) is 11.3 Å². The number of amides is 1. The van der Waals surface area contributed by atoms with Crippen LogP contribution in [0.3, 0.4) is 0 Å². The van der Waals surface area contributed by atoms with Crippen LogP contribution in [0.2, 0.25) is 0 Å². The third-order valence-electron chi connectivity index (χ3n) is 2.77. The minimum absolute atomic E-state index is 0.195. The third-order valence-corrected chi connectivity index (χ3v) is 2.77. The molecule has 1 aromatic rings. The minimum atomic E-state index is -0.319. The van der Waals surface area contributed by atoms with Gasteiger partial charge >= 0.3 is 5.91 Å². The highest BCUT2D eigenvalue weighted by Crippen LogP contribution is 2.26. The highest BCUT2D eigenvalue weighted by atomic mass is 16.2. The van der Waals surface area contributed by atoms with Crippen LogP contribution in [0.4, 0.5) is 0 Å². The lowest BCUT2D eigenvalue weighted by Crippen LogP contribution is -2.27. The maximum Gasteiger partial charge on any atom is 0.301 e. The molecule has 5 heteroatoms. The summed E-state index contributed by atoms with van der Waals surface area (Å²) in [6.45, 7) is 1.84. The largest absolute Gasteiger partial charge is 0.363 e. The topological polar surface area (TPSA) is 66.2 Å². The van der Waals surface area contributed by atoms with Crippen molar-refractivity contribution in [2.75, 3.05) is 0 Å². The predicted octanol–water partition coefficient (Wildman–Crippen LogP) is 1.95. The number of benzene rings is 1. The maximum atomic E-state index is 11.4. The van der Waals surface area contributed by atoms with E-state index in [-0.39, 0.29) is 12.1 Å². The molecule has 17 heavy (non-hydrogen) atoms. The number of rotatable bonds is 1. The summed E-state index contributed by atoms with van der Waals surface area (Å²) < 4.78 is 0. The molecule has 0 aromatic heterocycles. The SMILES string of the molecule is CC1=C2C(=O)N=NC2=NC(c2ccccc2)N1. The fourth-order valence-electron chi connectivity index (χ4n) is 1.93. The molecule has 0 spiro atoms. The zero-order chi connectivity index (χ0) is 11.8. The molecule has 2 aliphatic rings. The van der Waals surface area contributed by atoms with Gasteiger partial charge in [-0.25, -0.2) is 4.99 Å². The molecule has 1 N–H and O–H groups in total.